The summed E-state index contributed by atoms with van der Waals surface area (Å²) in [6, 6.07) is 1.20. The summed E-state index contributed by atoms with van der Waals surface area (Å²) in [6.45, 7) is 7.32. The largest absolute Gasteiger partial charge is 0.310 e. The highest BCUT2D eigenvalue weighted by molar-refractivity contribution is 4.85. The van der Waals surface area contributed by atoms with Gasteiger partial charge >= 0.3 is 0 Å². The van der Waals surface area contributed by atoms with E-state index in [2.05, 4.69) is 41.2 Å². The third kappa shape index (κ3) is 5.08. The van der Waals surface area contributed by atoms with E-state index in [0.717, 1.165) is 25.0 Å². The van der Waals surface area contributed by atoms with Crippen molar-refractivity contribution in [3.8, 4) is 0 Å². The minimum Gasteiger partial charge on any atom is -0.310 e. The van der Waals surface area contributed by atoms with E-state index in [1.807, 2.05) is 4.68 Å². The lowest BCUT2D eigenvalue weighted by atomic mass is 9.94. The van der Waals surface area contributed by atoms with Crippen LogP contribution >= 0.6 is 0 Å². The zero-order valence-corrected chi connectivity index (χ0v) is 13.9. The summed E-state index contributed by atoms with van der Waals surface area (Å²) in [7, 11) is 2.28. The highest BCUT2D eigenvalue weighted by Crippen LogP contribution is 2.21. The predicted octanol–water partition coefficient (Wildman–Crippen LogP) is 2.60. The summed E-state index contributed by atoms with van der Waals surface area (Å²) in [5.74, 6) is 1.03. The molecule has 0 unspecified atom stereocenters. The van der Waals surface area contributed by atoms with E-state index in [1.54, 1.807) is 6.33 Å². The Morgan fingerprint density at radius 2 is 2.10 bits per heavy atom. The standard InChI is InChI=1S/C16H31N5/c1-14(2)21-16(18-13-19-21)12-17-10-7-11-20(3)15-8-5-4-6-9-15/h13-15,17H,4-12H2,1-3H3. The van der Waals surface area contributed by atoms with E-state index in [9.17, 15) is 0 Å². The summed E-state index contributed by atoms with van der Waals surface area (Å²) < 4.78 is 1.99. The highest BCUT2D eigenvalue weighted by atomic mass is 15.4. The van der Waals surface area contributed by atoms with Crippen LogP contribution in [-0.2, 0) is 6.54 Å². The van der Waals surface area contributed by atoms with Crippen LogP contribution in [0.1, 0.15) is 64.2 Å². The fourth-order valence-electron chi connectivity index (χ4n) is 3.19. The van der Waals surface area contributed by atoms with Crippen LogP contribution in [0.5, 0.6) is 0 Å². The molecule has 21 heavy (non-hydrogen) atoms. The number of hydrogen-bond donors (Lipinski definition) is 1. The number of aromatic nitrogens is 3. The molecular formula is C16H31N5. The molecule has 1 fully saturated rings. The summed E-state index contributed by atoms with van der Waals surface area (Å²) in [5.41, 5.74) is 0. The van der Waals surface area contributed by atoms with E-state index < -0.39 is 0 Å². The molecule has 0 atom stereocenters. The third-order valence-corrected chi connectivity index (χ3v) is 4.48. The van der Waals surface area contributed by atoms with Gasteiger partial charge in [-0.1, -0.05) is 19.3 Å². The molecule has 0 aliphatic heterocycles. The van der Waals surface area contributed by atoms with Crippen molar-refractivity contribution in [2.45, 2.75) is 71.0 Å². The van der Waals surface area contributed by atoms with Crippen LogP contribution in [0.15, 0.2) is 6.33 Å². The maximum absolute atomic E-state index is 4.32. The number of nitrogens with one attached hydrogen (secondary N) is 1. The zero-order chi connectivity index (χ0) is 15.1. The molecule has 1 aliphatic carbocycles. The molecule has 0 radical (unpaired) electrons. The Morgan fingerprint density at radius 3 is 2.81 bits per heavy atom. The molecule has 1 aromatic rings. The quantitative estimate of drug-likeness (QED) is 0.748. The van der Waals surface area contributed by atoms with Gasteiger partial charge < -0.3 is 10.2 Å². The first-order valence-corrected chi connectivity index (χ1v) is 8.48. The van der Waals surface area contributed by atoms with Crippen molar-refractivity contribution in [2.24, 2.45) is 0 Å². The maximum Gasteiger partial charge on any atom is 0.141 e. The van der Waals surface area contributed by atoms with Gasteiger partial charge in [0.25, 0.3) is 0 Å². The highest BCUT2D eigenvalue weighted by Gasteiger charge is 2.17. The Morgan fingerprint density at radius 1 is 1.33 bits per heavy atom. The predicted molar refractivity (Wildman–Crippen MR) is 86.2 cm³/mol. The Balaban J connectivity index is 1.60. The topological polar surface area (TPSA) is 46.0 Å². The SMILES string of the molecule is CC(C)n1ncnc1CNCCCN(C)C1CCCCC1. The molecule has 5 nitrogen and oxygen atoms in total. The van der Waals surface area contributed by atoms with Crippen LogP contribution in [0.2, 0.25) is 0 Å². The van der Waals surface area contributed by atoms with Gasteiger partial charge in [-0.05, 0) is 53.2 Å². The van der Waals surface area contributed by atoms with Gasteiger partial charge in [0.2, 0.25) is 0 Å². The smallest absolute Gasteiger partial charge is 0.141 e. The second-order valence-electron chi connectivity index (χ2n) is 6.52. The van der Waals surface area contributed by atoms with E-state index in [-0.39, 0.29) is 0 Å². The first-order chi connectivity index (χ1) is 10.2. The van der Waals surface area contributed by atoms with Crippen LogP contribution in [0.3, 0.4) is 0 Å². The molecule has 0 saturated heterocycles. The van der Waals surface area contributed by atoms with Gasteiger partial charge in [-0.25, -0.2) is 9.67 Å². The van der Waals surface area contributed by atoms with Gasteiger partial charge in [0, 0.05) is 12.1 Å². The van der Waals surface area contributed by atoms with E-state index in [0.29, 0.717) is 6.04 Å². The minimum atomic E-state index is 0.377. The lowest BCUT2D eigenvalue weighted by Gasteiger charge is -2.31. The average molecular weight is 293 g/mol. The molecule has 0 spiro atoms. The summed E-state index contributed by atoms with van der Waals surface area (Å²) >= 11 is 0. The summed E-state index contributed by atoms with van der Waals surface area (Å²) in [4.78, 5) is 6.88. The van der Waals surface area contributed by atoms with E-state index in [4.69, 9.17) is 0 Å². The summed E-state index contributed by atoms with van der Waals surface area (Å²) in [5, 5.41) is 7.75. The fourth-order valence-corrected chi connectivity index (χ4v) is 3.19. The fraction of sp³-hybridized carbons (Fsp3) is 0.875. The molecule has 1 aliphatic rings. The lowest BCUT2D eigenvalue weighted by molar-refractivity contribution is 0.189. The number of rotatable bonds is 8. The van der Waals surface area contributed by atoms with Crippen molar-refractivity contribution in [1.82, 2.24) is 25.0 Å². The Bertz CT molecular complexity index is 395. The monoisotopic (exact) mass is 293 g/mol. The van der Waals surface area contributed by atoms with Crippen LogP contribution in [0.25, 0.3) is 0 Å². The van der Waals surface area contributed by atoms with Gasteiger partial charge in [0.15, 0.2) is 0 Å². The van der Waals surface area contributed by atoms with E-state index in [1.165, 1.54) is 45.1 Å². The second kappa shape index (κ2) is 8.49. The lowest BCUT2D eigenvalue weighted by Crippen LogP contribution is -2.35. The number of hydrogen-bond acceptors (Lipinski definition) is 4. The molecule has 1 N–H and O–H groups in total. The van der Waals surface area contributed by atoms with Crippen molar-refractivity contribution in [2.75, 3.05) is 20.1 Å². The Labute approximate surface area is 129 Å². The van der Waals surface area contributed by atoms with Crippen LogP contribution in [0.4, 0.5) is 0 Å². The van der Waals surface area contributed by atoms with Crippen LogP contribution in [0, 0.1) is 0 Å². The summed E-state index contributed by atoms with van der Waals surface area (Å²) in [6.07, 6.45) is 9.89. The van der Waals surface area contributed by atoms with Crippen molar-refractivity contribution in [3.05, 3.63) is 12.2 Å². The maximum atomic E-state index is 4.32. The molecule has 1 heterocycles. The third-order valence-electron chi connectivity index (χ3n) is 4.48. The molecule has 120 valence electrons. The van der Waals surface area contributed by atoms with Crippen molar-refractivity contribution in [1.29, 1.82) is 0 Å². The first-order valence-electron chi connectivity index (χ1n) is 8.48. The molecule has 2 rings (SSSR count). The Hall–Kier alpha value is -0.940. The molecular weight excluding hydrogens is 262 g/mol. The van der Waals surface area contributed by atoms with E-state index >= 15 is 0 Å². The van der Waals surface area contributed by atoms with Gasteiger partial charge in [0.05, 0.1) is 6.54 Å². The minimum absolute atomic E-state index is 0.377. The molecule has 1 saturated carbocycles. The van der Waals surface area contributed by atoms with Gasteiger partial charge in [-0.3, -0.25) is 0 Å². The first kappa shape index (κ1) is 16.4. The zero-order valence-electron chi connectivity index (χ0n) is 13.9. The molecule has 1 aromatic heterocycles. The molecule has 0 bridgehead atoms. The molecule has 5 heteroatoms. The normalized spacial score (nSPS) is 17.0. The van der Waals surface area contributed by atoms with Crippen LogP contribution < -0.4 is 5.32 Å². The molecule has 0 aromatic carbocycles. The Kier molecular flexibility index (Phi) is 6.64. The van der Waals surface area contributed by atoms with Gasteiger partial charge in [0.1, 0.15) is 12.2 Å². The van der Waals surface area contributed by atoms with Crippen molar-refractivity contribution in [3.63, 3.8) is 0 Å². The van der Waals surface area contributed by atoms with Gasteiger partial charge in [-0.2, -0.15) is 5.10 Å². The van der Waals surface area contributed by atoms with Crippen molar-refractivity contribution >= 4 is 0 Å². The van der Waals surface area contributed by atoms with Crippen molar-refractivity contribution < 1.29 is 0 Å². The van der Waals surface area contributed by atoms with Crippen LogP contribution in [-0.4, -0.2) is 45.8 Å². The average Bonchev–Trinajstić information content (AvgIpc) is 2.96. The van der Waals surface area contributed by atoms with Gasteiger partial charge in [-0.15, -0.1) is 0 Å². The molecule has 0 amide bonds. The second-order valence-corrected chi connectivity index (χ2v) is 6.52. The number of nitrogens with zero attached hydrogens (tertiary/aromatic N) is 4.